The molecule has 0 aliphatic rings. The molecule has 0 saturated carbocycles. The summed E-state index contributed by atoms with van der Waals surface area (Å²) in [5.74, 6) is -21.0. The summed E-state index contributed by atoms with van der Waals surface area (Å²) in [4.78, 5) is 0. The third kappa shape index (κ3) is 4.23. The second-order valence-corrected chi connectivity index (χ2v) is 4.18. The van der Waals surface area contributed by atoms with Crippen LogP contribution >= 0.6 is 0 Å². The Kier molecular flexibility index (Phi) is 6.08. The summed E-state index contributed by atoms with van der Waals surface area (Å²) in [5, 5.41) is 0. The van der Waals surface area contributed by atoms with Gasteiger partial charge in [0.2, 0.25) is 0 Å². The van der Waals surface area contributed by atoms with Crippen molar-refractivity contribution < 1.29 is 57.4 Å². The zero-order valence-corrected chi connectivity index (χ0v) is 10.7. The van der Waals surface area contributed by atoms with Gasteiger partial charge in [-0.25, -0.2) is 4.39 Å². The SMILES string of the molecule is C=CCOC(F)(F)C(F)(F)C(F)(F)C(F)(F)C(F)CC(F)(F)F. The fourth-order valence-electron chi connectivity index (χ4n) is 1.17. The molecular weight excluding hydrogens is 364 g/mol. The number of ether oxygens (including phenoxy) is 1. The van der Waals surface area contributed by atoms with Gasteiger partial charge in [-0.2, -0.15) is 48.3 Å². The van der Waals surface area contributed by atoms with Gasteiger partial charge in [-0.3, -0.25) is 0 Å². The van der Waals surface area contributed by atoms with E-state index in [-0.39, 0.29) is 0 Å². The molecule has 0 N–H and O–H groups in total. The van der Waals surface area contributed by atoms with Crippen molar-refractivity contribution in [3.05, 3.63) is 12.7 Å². The Balaban J connectivity index is 5.68. The van der Waals surface area contributed by atoms with Crippen molar-refractivity contribution in [2.24, 2.45) is 0 Å². The molecule has 0 radical (unpaired) electrons. The van der Waals surface area contributed by atoms with Crippen molar-refractivity contribution in [2.75, 3.05) is 6.61 Å². The van der Waals surface area contributed by atoms with Crippen molar-refractivity contribution >= 4 is 0 Å². The van der Waals surface area contributed by atoms with Crippen molar-refractivity contribution in [2.45, 2.75) is 42.6 Å². The van der Waals surface area contributed by atoms with Crippen LogP contribution in [0, 0.1) is 0 Å². The van der Waals surface area contributed by atoms with Crippen molar-refractivity contribution in [1.82, 2.24) is 0 Å². The van der Waals surface area contributed by atoms with Gasteiger partial charge in [-0.15, -0.1) is 6.58 Å². The molecule has 0 aromatic rings. The average molecular weight is 372 g/mol. The molecule has 0 aromatic carbocycles. The van der Waals surface area contributed by atoms with E-state index in [2.05, 4.69) is 11.3 Å². The smallest absolute Gasteiger partial charge is 0.311 e. The highest BCUT2D eigenvalue weighted by Gasteiger charge is 2.83. The first-order chi connectivity index (χ1) is 9.94. The van der Waals surface area contributed by atoms with Gasteiger partial charge in [0.15, 0.2) is 6.17 Å². The predicted octanol–water partition coefficient (Wildman–Crippen LogP) is 4.98. The van der Waals surface area contributed by atoms with Crippen LogP contribution in [0.4, 0.5) is 52.7 Å². The minimum absolute atomic E-state index is 0.377. The molecule has 23 heavy (non-hydrogen) atoms. The summed E-state index contributed by atoms with van der Waals surface area (Å²) in [6, 6.07) is 0. The molecule has 13 heteroatoms. The van der Waals surface area contributed by atoms with Crippen LogP contribution in [-0.2, 0) is 4.74 Å². The van der Waals surface area contributed by atoms with E-state index in [0.717, 1.165) is 0 Å². The van der Waals surface area contributed by atoms with Gasteiger partial charge in [0.25, 0.3) is 0 Å². The van der Waals surface area contributed by atoms with Crippen LogP contribution in [0.3, 0.4) is 0 Å². The molecule has 0 aliphatic heterocycles. The zero-order chi connectivity index (χ0) is 18.9. The number of halogens is 12. The molecule has 0 heterocycles. The van der Waals surface area contributed by atoms with Crippen molar-refractivity contribution in [1.29, 1.82) is 0 Å². The lowest BCUT2D eigenvalue weighted by Crippen LogP contribution is -2.65. The van der Waals surface area contributed by atoms with Gasteiger partial charge in [0.1, 0.15) is 0 Å². The standard InChI is InChI=1S/C10H8F12O/c1-2-3-23-10(21,22)9(19,20)8(17,18)7(15,16)5(11)4-6(12,13)14/h2,5H,1,3-4H2. The molecule has 0 fully saturated rings. The summed E-state index contributed by atoms with van der Waals surface area (Å²) in [6.07, 6.45) is -19.8. The minimum Gasteiger partial charge on any atom is -0.311 e. The molecule has 0 amide bonds. The number of rotatable bonds is 8. The Hall–Kier alpha value is -1.14. The normalized spacial score (nSPS) is 16.3. The zero-order valence-electron chi connectivity index (χ0n) is 10.7. The Bertz CT molecular complexity index is 413. The lowest BCUT2D eigenvalue weighted by atomic mass is 9.97. The van der Waals surface area contributed by atoms with Crippen molar-refractivity contribution in [3.8, 4) is 0 Å². The van der Waals surface area contributed by atoms with E-state index >= 15 is 0 Å². The highest BCUT2D eigenvalue weighted by molar-refractivity contribution is 5.04. The summed E-state index contributed by atoms with van der Waals surface area (Å²) in [7, 11) is 0. The number of hydrogen-bond donors (Lipinski definition) is 0. The maximum absolute atomic E-state index is 13.0. The second kappa shape index (κ2) is 6.40. The first-order valence-corrected chi connectivity index (χ1v) is 5.41. The van der Waals surface area contributed by atoms with Crippen LogP contribution in [0.1, 0.15) is 6.42 Å². The first kappa shape index (κ1) is 21.9. The molecule has 1 atom stereocenters. The highest BCUT2D eigenvalue weighted by atomic mass is 19.4. The Labute approximate surface area is 120 Å². The third-order valence-corrected chi connectivity index (χ3v) is 2.37. The molecular formula is C10H8F12O. The second-order valence-electron chi connectivity index (χ2n) is 4.18. The largest absolute Gasteiger partial charge is 0.426 e. The maximum atomic E-state index is 13.0. The Morgan fingerprint density at radius 3 is 1.61 bits per heavy atom. The van der Waals surface area contributed by atoms with Gasteiger partial charge in [0, 0.05) is 0 Å². The molecule has 1 nitrogen and oxygen atoms in total. The Morgan fingerprint density at radius 1 is 0.826 bits per heavy atom. The fourth-order valence-corrected chi connectivity index (χ4v) is 1.17. The number of hydrogen-bond acceptors (Lipinski definition) is 1. The van der Waals surface area contributed by atoms with Gasteiger partial charge in [-0.05, 0) is 0 Å². The van der Waals surface area contributed by atoms with E-state index in [1.54, 1.807) is 0 Å². The fraction of sp³-hybridized carbons (Fsp3) is 0.800. The van der Waals surface area contributed by atoms with E-state index in [0.29, 0.717) is 6.08 Å². The van der Waals surface area contributed by atoms with Gasteiger partial charge < -0.3 is 4.74 Å². The summed E-state index contributed by atoms with van der Waals surface area (Å²) in [5.41, 5.74) is 0. The molecule has 0 aliphatic carbocycles. The molecule has 1 unspecified atom stereocenters. The van der Waals surface area contributed by atoms with Crippen LogP contribution in [0.5, 0.6) is 0 Å². The van der Waals surface area contributed by atoms with Crippen LogP contribution in [-0.4, -0.2) is 42.8 Å². The van der Waals surface area contributed by atoms with Crippen LogP contribution in [0.2, 0.25) is 0 Å². The monoisotopic (exact) mass is 372 g/mol. The van der Waals surface area contributed by atoms with E-state index in [1.165, 1.54) is 0 Å². The van der Waals surface area contributed by atoms with Crippen LogP contribution in [0.25, 0.3) is 0 Å². The third-order valence-electron chi connectivity index (χ3n) is 2.37. The van der Waals surface area contributed by atoms with Gasteiger partial charge in [0.05, 0.1) is 13.0 Å². The van der Waals surface area contributed by atoms with E-state index in [9.17, 15) is 52.7 Å². The average Bonchev–Trinajstić information content (AvgIpc) is 2.33. The molecule has 0 spiro atoms. The highest BCUT2D eigenvalue weighted by Crippen LogP contribution is 2.55. The topological polar surface area (TPSA) is 9.23 Å². The first-order valence-electron chi connectivity index (χ1n) is 5.41. The number of alkyl halides is 12. The van der Waals surface area contributed by atoms with E-state index in [4.69, 9.17) is 0 Å². The molecule has 138 valence electrons. The van der Waals surface area contributed by atoms with E-state index < -0.39 is 49.3 Å². The summed E-state index contributed by atoms with van der Waals surface area (Å²) >= 11 is 0. The van der Waals surface area contributed by atoms with Gasteiger partial charge in [-0.1, -0.05) is 6.08 Å². The van der Waals surface area contributed by atoms with E-state index in [1.807, 2.05) is 0 Å². The molecule has 0 bridgehead atoms. The molecule has 0 aromatic heterocycles. The summed E-state index contributed by atoms with van der Waals surface area (Å²) < 4.78 is 155. The predicted molar refractivity (Wildman–Crippen MR) is 51.5 cm³/mol. The lowest BCUT2D eigenvalue weighted by molar-refractivity contribution is -0.431. The molecule has 0 saturated heterocycles. The quantitative estimate of drug-likeness (QED) is 0.432. The lowest BCUT2D eigenvalue weighted by Gasteiger charge is -2.37. The summed E-state index contributed by atoms with van der Waals surface area (Å²) in [6.45, 7) is 1.22. The minimum atomic E-state index is -7.19. The van der Waals surface area contributed by atoms with Crippen LogP contribution < -0.4 is 0 Å². The maximum Gasteiger partial charge on any atom is 0.426 e. The van der Waals surface area contributed by atoms with Crippen LogP contribution in [0.15, 0.2) is 12.7 Å². The Morgan fingerprint density at radius 2 is 1.26 bits per heavy atom. The van der Waals surface area contributed by atoms with Gasteiger partial charge >= 0.3 is 30.1 Å². The molecule has 0 rings (SSSR count). The van der Waals surface area contributed by atoms with Crippen molar-refractivity contribution in [3.63, 3.8) is 0 Å².